The van der Waals surface area contributed by atoms with Gasteiger partial charge < -0.3 is 0 Å². The van der Waals surface area contributed by atoms with Crippen LogP contribution in [-0.2, 0) is 11.5 Å². The summed E-state index contributed by atoms with van der Waals surface area (Å²) in [5, 5.41) is 0.955. The molecule has 0 fully saturated rings. The lowest BCUT2D eigenvalue weighted by Crippen LogP contribution is -1.96. The molecule has 2 atom stereocenters. The summed E-state index contributed by atoms with van der Waals surface area (Å²) in [6.07, 6.45) is 0. The minimum atomic E-state index is 0.477. The Bertz CT molecular complexity index is 307. The molecule has 18 heavy (non-hydrogen) atoms. The Morgan fingerprint density at radius 1 is 0.944 bits per heavy atom. The van der Waals surface area contributed by atoms with Gasteiger partial charge in [-0.15, -0.1) is 0 Å². The molecule has 0 aliphatic heterocycles. The number of hydrogen-bond donors (Lipinski definition) is 2. The predicted octanol–water partition coefficient (Wildman–Crippen LogP) is 4.79. The topological polar surface area (TPSA) is 0 Å². The maximum atomic E-state index is 4.40. The number of rotatable bonds is 8. The van der Waals surface area contributed by atoms with E-state index in [1.807, 2.05) is 23.5 Å². The molecule has 0 bridgehead atoms. The third-order valence-corrected chi connectivity index (χ3v) is 5.65. The van der Waals surface area contributed by atoms with Crippen LogP contribution in [0.25, 0.3) is 0 Å². The summed E-state index contributed by atoms with van der Waals surface area (Å²) in [5.74, 6) is 4.40. The Balaban J connectivity index is 2.36. The van der Waals surface area contributed by atoms with E-state index in [0.29, 0.717) is 10.5 Å². The lowest BCUT2D eigenvalue weighted by Gasteiger charge is -2.07. The molecule has 1 aromatic carbocycles. The van der Waals surface area contributed by atoms with Gasteiger partial charge in [-0.25, -0.2) is 0 Å². The second-order valence-corrected chi connectivity index (χ2v) is 8.37. The second kappa shape index (κ2) is 9.51. The maximum absolute atomic E-state index is 4.40. The molecule has 0 spiro atoms. The Hall–Kier alpha value is 0.620. The van der Waals surface area contributed by atoms with Crippen molar-refractivity contribution < 1.29 is 0 Å². The maximum Gasteiger partial charge on any atom is 0.0185 e. The third kappa shape index (κ3) is 7.93. The number of thioether (sulfide) groups is 2. The van der Waals surface area contributed by atoms with Crippen molar-refractivity contribution in [2.75, 3.05) is 11.5 Å². The highest BCUT2D eigenvalue weighted by Gasteiger charge is 2.00. The molecule has 0 heterocycles. The third-order valence-electron chi connectivity index (χ3n) is 2.25. The second-order valence-electron chi connectivity index (χ2n) is 4.55. The van der Waals surface area contributed by atoms with E-state index in [4.69, 9.17) is 0 Å². The van der Waals surface area contributed by atoms with Crippen LogP contribution in [0.2, 0.25) is 0 Å². The fourth-order valence-electron chi connectivity index (χ4n) is 1.50. The van der Waals surface area contributed by atoms with Gasteiger partial charge in [0.15, 0.2) is 0 Å². The lowest BCUT2D eigenvalue weighted by atomic mass is 10.2. The molecule has 0 radical (unpaired) electrons. The minimum absolute atomic E-state index is 0.477. The summed E-state index contributed by atoms with van der Waals surface area (Å²) >= 11 is 12.7. The first-order valence-corrected chi connectivity index (χ1v) is 9.51. The van der Waals surface area contributed by atoms with Crippen LogP contribution >= 0.6 is 48.8 Å². The Labute approximate surface area is 131 Å². The summed E-state index contributed by atoms with van der Waals surface area (Å²) in [7, 11) is 0. The number of hydrogen-bond acceptors (Lipinski definition) is 4. The van der Waals surface area contributed by atoms with Crippen molar-refractivity contribution >= 4 is 48.8 Å². The zero-order valence-corrected chi connectivity index (χ0v) is 14.4. The molecule has 0 amide bonds. The smallest absolute Gasteiger partial charge is 0.0185 e. The molecule has 0 aliphatic rings. The molecular formula is C14H22S4. The average molecular weight is 319 g/mol. The molecule has 0 nitrogen and oxygen atoms in total. The molecule has 1 aromatic rings. The van der Waals surface area contributed by atoms with Crippen LogP contribution in [0.1, 0.15) is 25.0 Å². The standard InChI is InChI=1S/C14H22S4/c1-11(15)7-17-9-13-4-3-5-14(6-13)10-18-8-12(2)16/h3-6,11-12,15-16H,7-10H2,1-2H3. The van der Waals surface area contributed by atoms with E-state index in [9.17, 15) is 0 Å². The monoisotopic (exact) mass is 318 g/mol. The summed E-state index contributed by atoms with van der Waals surface area (Å²) < 4.78 is 0. The van der Waals surface area contributed by atoms with Crippen molar-refractivity contribution in [2.45, 2.75) is 35.9 Å². The van der Waals surface area contributed by atoms with Crippen molar-refractivity contribution in [3.63, 3.8) is 0 Å². The molecule has 2 unspecified atom stereocenters. The van der Waals surface area contributed by atoms with Gasteiger partial charge in [0.1, 0.15) is 0 Å². The van der Waals surface area contributed by atoms with Gasteiger partial charge in [0.2, 0.25) is 0 Å². The van der Waals surface area contributed by atoms with E-state index < -0.39 is 0 Å². The van der Waals surface area contributed by atoms with E-state index >= 15 is 0 Å². The summed E-state index contributed by atoms with van der Waals surface area (Å²) in [5.41, 5.74) is 2.84. The van der Waals surface area contributed by atoms with Gasteiger partial charge >= 0.3 is 0 Å². The van der Waals surface area contributed by atoms with Gasteiger partial charge in [-0.05, 0) is 11.1 Å². The summed E-state index contributed by atoms with van der Waals surface area (Å²) in [6.45, 7) is 4.28. The molecule has 0 N–H and O–H groups in total. The van der Waals surface area contributed by atoms with Crippen molar-refractivity contribution in [3.05, 3.63) is 35.4 Å². The van der Waals surface area contributed by atoms with Gasteiger partial charge in [-0.1, -0.05) is 38.1 Å². The van der Waals surface area contributed by atoms with E-state index in [0.717, 1.165) is 23.0 Å². The van der Waals surface area contributed by atoms with Crippen LogP contribution in [0, 0.1) is 0 Å². The van der Waals surface area contributed by atoms with Gasteiger partial charge in [-0.3, -0.25) is 0 Å². The van der Waals surface area contributed by atoms with Gasteiger partial charge in [-0.2, -0.15) is 48.8 Å². The van der Waals surface area contributed by atoms with Crippen molar-refractivity contribution in [1.82, 2.24) is 0 Å². The largest absolute Gasteiger partial charge is 0.175 e. The average Bonchev–Trinajstić information content (AvgIpc) is 2.28. The van der Waals surface area contributed by atoms with Crippen molar-refractivity contribution in [2.24, 2.45) is 0 Å². The Morgan fingerprint density at radius 3 is 1.78 bits per heavy atom. The van der Waals surface area contributed by atoms with E-state index in [-0.39, 0.29) is 0 Å². The summed E-state index contributed by atoms with van der Waals surface area (Å²) in [6, 6.07) is 8.92. The molecule has 1 rings (SSSR count). The van der Waals surface area contributed by atoms with E-state index in [2.05, 4.69) is 63.4 Å². The van der Waals surface area contributed by atoms with Crippen LogP contribution in [0.5, 0.6) is 0 Å². The zero-order valence-electron chi connectivity index (χ0n) is 11.0. The van der Waals surface area contributed by atoms with Crippen LogP contribution in [0.15, 0.2) is 24.3 Å². The predicted molar refractivity (Wildman–Crippen MR) is 95.7 cm³/mol. The Kier molecular flexibility index (Phi) is 8.81. The van der Waals surface area contributed by atoms with E-state index in [1.165, 1.54) is 11.1 Å². The first-order valence-electron chi connectivity index (χ1n) is 6.17. The molecule has 0 saturated heterocycles. The highest BCUT2D eigenvalue weighted by atomic mass is 32.2. The lowest BCUT2D eigenvalue weighted by molar-refractivity contribution is 1.14. The summed E-state index contributed by atoms with van der Waals surface area (Å²) in [4.78, 5) is 0. The van der Waals surface area contributed by atoms with Gasteiger partial charge in [0.05, 0.1) is 0 Å². The van der Waals surface area contributed by atoms with Crippen LogP contribution in [0.4, 0.5) is 0 Å². The molecule has 102 valence electrons. The fourth-order valence-corrected chi connectivity index (χ4v) is 3.88. The van der Waals surface area contributed by atoms with Crippen LogP contribution < -0.4 is 0 Å². The van der Waals surface area contributed by atoms with Crippen LogP contribution in [-0.4, -0.2) is 22.0 Å². The molecule has 0 saturated carbocycles. The van der Waals surface area contributed by atoms with Gasteiger partial charge in [0, 0.05) is 33.5 Å². The zero-order chi connectivity index (χ0) is 13.4. The Morgan fingerprint density at radius 2 is 1.39 bits per heavy atom. The molecule has 4 heteroatoms. The number of benzene rings is 1. The normalized spacial score (nSPS) is 14.4. The first-order chi connectivity index (χ1) is 8.58. The van der Waals surface area contributed by atoms with Gasteiger partial charge in [0.25, 0.3) is 0 Å². The van der Waals surface area contributed by atoms with E-state index in [1.54, 1.807) is 0 Å². The minimum Gasteiger partial charge on any atom is -0.175 e. The van der Waals surface area contributed by atoms with Crippen molar-refractivity contribution in [3.8, 4) is 0 Å². The van der Waals surface area contributed by atoms with Crippen LogP contribution in [0.3, 0.4) is 0 Å². The molecule has 0 aromatic heterocycles. The molecule has 0 aliphatic carbocycles. The highest BCUT2D eigenvalue weighted by molar-refractivity contribution is 7.99. The molecular weight excluding hydrogens is 296 g/mol. The quantitative estimate of drug-likeness (QED) is 0.661. The fraction of sp³-hybridized carbons (Fsp3) is 0.571. The van der Waals surface area contributed by atoms with Crippen molar-refractivity contribution in [1.29, 1.82) is 0 Å². The SMILES string of the molecule is CC(S)CSCc1cccc(CSCC(C)S)c1. The first kappa shape index (κ1) is 16.7. The highest BCUT2D eigenvalue weighted by Crippen LogP contribution is 2.19. The number of thiol groups is 2.